The molecule has 23 heavy (non-hydrogen) atoms. The van der Waals surface area contributed by atoms with E-state index in [1.807, 2.05) is 24.3 Å². The van der Waals surface area contributed by atoms with Crippen molar-refractivity contribution in [1.82, 2.24) is 10.2 Å². The SMILES string of the molecule is O=C(NCCN1CCOCC1)c1ccc(N2CCOCC2)cc1. The van der Waals surface area contributed by atoms with Crippen molar-refractivity contribution < 1.29 is 14.3 Å². The summed E-state index contributed by atoms with van der Waals surface area (Å²) in [4.78, 5) is 16.8. The summed E-state index contributed by atoms with van der Waals surface area (Å²) in [7, 11) is 0. The number of benzene rings is 1. The van der Waals surface area contributed by atoms with Gasteiger partial charge in [0.25, 0.3) is 5.91 Å². The van der Waals surface area contributed by atoms with Gasteiger partial charge in [0, 0.05) is 50.5 Å². The summed E-state index contributed by atoms with van der Waals surface area (Å²) in [6.07, 6.45) is 0. The van der Waals surface area contributed by atoms with Crippen LogP contribution < -0.4 is 10.2 Å². The highest BCUT2D eigenvalue weighted by molar-refractivity contribution is 5.94. The first-order valence-electron chi connectivity index (χ1n) is 8.34. The van der Waals surface area contributed by atoms with Gasteiger partial charge in [0.2, 0.25) is 0 Å². The second kappa shape index (κ2) is 8.29. The molecule has 1 amide bonds. The van der Waals surface area contributed by atoms with Crippen LogP contribution in [0.1, 0.15) is 10.4 Å². The number of anilines is 1. The summed E-state index contributed by atoms with van der Waals surface area (Å²) in [5.74, 6) is -0.00760. The van der Waals surface area contributed by atoms with Gasteiger partial charge in [-0.3, -0.25) is 9.69 Å². The average molecular weight is 319 g/mol. The van der Waals surface area contributed by atoms with Gasteiger partial charge in [-0.15, -0.1) is 0 Å². The lowest BCUT2D eigenvalue weighted by molar-refractivity contribution is 0.0383. The Morgan fingerprint density at radius 2 is 1.57 bits per heavy atom. The van der Waals surface area contributed by atoms with Gasteiger partial charge in [0.05, 0.1) is 26.4 Å². The third-order valence-electron chi connectivity index (χ3n) is 4.32. The van der Waals surface area contributed by atoms with Crippen molar-refractivity contribution in [3.8, 4) is 0 Å². The van der Waals surface area contributed by atoms with E-state index < -0.39 is 0 Å². The molecule has 2 aliphatic heterocycles. The average Bonchev–Trinajstić information content (AvgIpc) is 2.63. The van der Waals surface area contributed by atoms with Crippen LogP contribution in [0.25, 0.3) is 0 Å². The van der Waals surface area contributed by atoms with Crippen LogP contribution >= 0.6 is 0 Å². The predicted molar refractivity (Wildman–Crippen MR) is 89.1 cm³/mol. The van der Waals surface area contributed by atoms with Gasteiger partial charge in [-0.25, -0.2) is 0 Å². The van der Waals surface area contributed by atoms with Crippen molar-refractivity contribution in [3.63, 3.8) is 0 Å². The second-order valence-corrected chi connectivity index (χ2v) is 5.86. The molecule has 0 bridgehead atoms. The van der Waals surface area contributed by atoms with E-state index >= 15 is 0 Å². The number of nitrogens with zero attached hydrogens (tertiary/aromatic N) is 2. The normalized spacial score (nSPS) is 19.6. The van der Waals surface area contributed by atoms with Crippen molar-refractivity contribution in [3.05, 3.63) is 29.8 Å². The van der Waals surface area contributed by atoms with E-state index in [9.17, 15) is 4.79 Å². The van der Waals surface area contributed by atoms with Crippen LogP contribution in [0.2, 0.25) is 0 Å². The van der Waals surface area contributed by atoms with Crippen LogP contribution in [0.3, 0.4) is 0 Å². The number of carbonyl (C=O) groups excluding carboxylic acids is 1. The van der Waals surface area contributed by atoms with Gasteiger partial charge >= 0.3 is 0 Å². The molecule has 0 aliphatic carbocycles. The first-order chi connectivity index (χ1) is 11.3. The zero-order valence-electron chi connectivity index (χ0n) is 13.5. The van der Waals surface area contributed by atoms with Gasteiger partial charge in [-0.05, 0) is 24.3 Å². The molecule has 2 saturated heterocycles. The second-order valence-electron chi connectivity index (χ2n) is 5.86. The van der Waals surface area contributed by atoms with Gasteiger partial charge < -0.3 is 19.7 Å². The summed E-state index contributed by atoms with van der Waals surface area (Å²) < 4.78 is 10.7. The van der Waals surface area contributed by atoms with E-state index in [0.29, 0.717) is 12.1 Å². The van der Waals surface area contributed by atoms with Gasteiger partial charge in [-0.1, -0.05) is 0 Å². The smallest absolute Gasteiger partial charge is 0.251 e. The number of nitrogens with one attached hydrogen (secondary N) is 1. The predicted octanol–water partition coefficient (Wildman–Crippen LogP) is 0.585. The van der Waals surface area contributed by atoms with E-state index in [2.05, 4.69) is 15.1 Å². The van der Waals surface area contributed by atoms with Gasteiger partial charge in [-0.2, -0.15) is 0 Å². The zero-order chi connectivity index (χ0) is 15.9. The van der Waals surface area contributed by atoms with Crippen molar-refractivity contribution in [2.75, 3.05) is 70.6 Å². The van der Waals surface area contributed by atoms with E-state index in [-0.39, 0.29) is 5.91 Å². The molecular weight excluding hydrogens is 294 g/mol. The fourth-order valence-corrected chi connectivity index (χ4v) is 2.90. The van der Waals surface area contributed by atoms with E-state index in [4.69, 9.17) is 9.47 Å². The fourth-order valence-electron chi connectivity index (χ4n) is 2.90. The van der Waals surface area contributed by atoms with Crippen LogP contribution in [-0.2, 0) is 9.47 Å². The summed E-state index contributed by atoms with van der Waals surface area (Å²) >= 11 is 0. The van der Waals surface area contributed by atoms with Crippen LogP contribution in [0, 0.1) is 0 Å². The Hall–Kier alpha value is -1.63. The number of morpholine rings is 2. The summed E-state index contributed by atoms with van der Waals surface area (Å²) in [5, 5.41) is 2.99. The number of carbonyl (C=O) groups is 1. The lowest BCUT2D eigenvalue weighted by Gasteiger charge is -2.28. The third kappa shape index (κ3) is 4.67. The Morgan fingerprint density at radius 1 is 0.957 bits per heavy atom. The molecule has 0 atom stereocenters. The minimum atomic E-state index is -0.00760. The van der Waals surface area contributed by atoms with E-state index in [1.54, 1.807) is 0 Å². The number of rotatable bonds is 5. The van der Waals surface area contributed by atoms with Gasteiger partial charge in [0.1, 0.15) is 0 Å². The molecule has 3 rings (SSSR count). The minimum absolute atomic E-state index is 0.00760. The van der Waals surface area contributed by atoms with Crippen molar-refractivity contribution in [2.45, 2.75) is 0 Å². The minimum Gasteiger partial charge on any atom is -0.379 e. The highest BCUT2D eigenvalue weighted by atomic mass is 16.5. The molecule has 1 aromatic carbocycles. The lowest BCUT2D eigenvalue weighted by Crippen LogP contribution is -2.41. The maximum absolute atomic E-state index is 12.2. The zero-order valence-corrected chi connectivity index (χ0v) is 13.5. The molecule has 6 nitrogen and oxygen atoms in total. The van der Waals surface area contributed by atoms with Crippen molar-refractivity contribution >= 4 is 11.6 Å². The number of hydrogen-bond donors (Lipinski definition) is 1. The summed E-state index contributed by atoms with van der Waals surface area (Å²) in [6, 6.07) is 7.83. The monoisotopic (exact) mass is 319 g/mol. The highest BCUT2D eigenvalue weighted by Gasteiger charge is 2.13. The number of ether oxygens (including phenoxy) is 2. The molecule has 0 aromatic heterocycles. The van der Waals surface area contributed by atoms with Crippen LogP contribution in [0.4, 0.5) is 5.69 Å². The van der Waals surface area contributed by atoms with Crippen LogP contribution in [0.5, 0.6) is 0 Å². The van der Waals surface area contributed by atoms with Crippen molar-refractivity contribution in [1.29, 1.82) is 0 Å². The Balaban J connectivity index is 1.45. The quantitative estimate of drug-likeness (QED) is 0.861. The topological polar surface area (TPSA) is 54.0 Å². The number of amides is 1. The summed E-state index contributed by atoms with van der Waals surface area (Å²) in [5.41, 5.74) is 1.86. The molecule has 6 heteroatoms. The Labute approximate surface area is 137 Å². The van der Waals surface area contributed by atoms with Crippen molar-refractivity contribution in [2.24, 2.45) is 0 Å². The molecule has 126 valence electrons. The van der Waals surface area contributed by atoms with Crippen LogP contribution in [-0.4, -0.2) is 76.5 Å². The molecule has 1 aromatic rings. The molecule has 0 radical (unpaired) electrons. The Kier molecular flexibility index (Phi) is 5.85. The first kappa shape index (κ1) is 16.2. The van der Waals surface area contributed by atoms with E-state index in [0.717, 1.165) is 64.8 Å². The third-order valence-corrected chi connectivity index (χ3v) is 4.32. The van der Waals surface area contributed by atoms with E-state index in [1.165, 1.54) is 0 Å². The maximum atomic E-state index is 12.2. The maximum Gasteiger partial charge on any atom is 0.251 e. The molecule has 2 aliphatic rings. The Morgan fingerprint density at radius 3 is 2.22 bits per heavy atom. The standard InChI is InChI=1S/C17H25N3O3/c21-17(18-5-6-19-7-11-22-12-8-19)15-1-3-16(4-2-15)20-9-13-23-14-10-20/h1-4H,5-14H2,(H,18,21). The molecular formula is C17H25N3O3. The summed E-state index contributed by atoms with van der Waals surface area (Å²) in [6.45, 7) is 8.37. The molecule has 1 N–H and O–H groups in total. The van der Waals surface area contributed by atoms with Crippen LogP contribution in [0.15, 0.2) is 24.3 Å². The largest absolute Gasteiger partial charge is 0.379 e. The first-order valence-corrected chi connectivity index (χ1v) is 8.34. The molecule has 0 unspecified atom stereocenters. The lowest BCUT2D eigenvalue weighted by atomic mass is 10.1. The fraction of sp³-hybridized carbons (Fsp3) is 0.588. The number of hydrogen-bond acceptors (Lipinski definition) is 5. The molecule has 2 fully saturated rings. The molecule has 2 heterocycles. The molecule has 0 saturated carbocycles. The molecule has 0 spiro atoms. The highest BCUT2D eigenvalue weighted by Crippen LogP contribution is 2.16. The Bertz CT molecular complexity index is 494. The van der Waals surface area contributed by atoms with Gasteiger partial charge in [0.15, 0.2) is 0 Å².